The third-order valence-corrected chi connectivity index (χ3v) is 3.45. The van der Waals surface area contributed by atoms with Crippen molar-refractivity contribution in [3.05, 3.63) is 52.5 Å². The molecule has 0 amide bonds. The first kappa shape index (κ1) is 12.6. The fourth-order valence-electron chi connectivity index (χ4n) is 1.72. The first-order chi connectivity index (χ1) is 8.38. The lowest BCUT2D eigenvalue weighted by Gasteiger charge is -2.20. The van der Waals surface area contributed by atoms with Crippen molar-refractivity contribution >= 4 is 22.9 Å². The number of hydrogen-bond donors (Lipinski definition) is 0. The molecule has 0 fully saturated rings. The zero-order valence-electron chi connectivity index (χ0n) is 9.55. The summed E-state index contributed by atoms with van der Waals surface area (Å²) in [6.07, 6.45) is 1.93. The molecule has 0 aliphatic carbocycles. The van der Waals surface area contributed by atoms with E-state index in [0.29, 0.717) is 5.88 Å². The Morgan fingerprint density at radius 3 is 2.65 bits per heavy atom. The summed E-state index contributed by atoms with van der Waals surface area (Å²) in [6.45, 7) is 2.76. The quantitative estimate of drug-likeness (QED) is 0.745. The van der Waals surface area contributed by atoms with Crippen molar-refractivity contribution in [2.45, 2.75) is 13.1 Å². The maximum absolute atomic E-state index is 5.85. The van der Waals surface area contributed by atoms with Crippen LogP contribution in [0, 0.1) is 0 Å². The van der Waals surface area contributed by atoms with Gasteiger partial charge in [0.25, 0.3) is 0 Å². The minimum Gasteiger partial charge on any atom is -0.293 e. The number of hydrogen-bond acceptors (Lipinski definition) is 3. The average molecular weight is 267 g/mol. The second-order valence-corrected chi connectivity index (χ2v) is 5.20. The zero-order valence-corrected chi connectivity index (χ0v) is 11.1. The summed E-state index contributed by atoms with van der Waals surface area (Å²) in [4.78, 5) is 7.73. The van der Waals surface area contributed by atoms with Crippen LogP contribution in [-0.4, -0.2) is 22.3 Å². The van der Waals surface area contributed by atoms with Crippen LogP contribution in [0.2, 0.25) is 0 Å². The van der Waals surface area contributed by atoms with Crippen molar-refractivity contribution in [3.63, 3.8) is 0 Å². The molecule has 0 saturated heterocycles. The van der Waals surface area contributed by atoms with Gasteiger partial charge in [-0.2, -0.15) is 0 Å². The average Bonchev–Trinajstić information content (AvgIpc) is 2.83. The Hall–Kier alpha value is -0.900. The molecule has 90 valence electrons. The highest BCUT2D eigenvalue weighted by Crippen LogP contribution is 2.12. The molecule has 0 spiro atoms. The SMILES string of the molecule is ClCCN(Cc1ccccc1)Cc1cncs1. The highest BCUT2D eigenvalue weighted by Gasteiger charge is 2.07. The highest BCUT2D eigenvalue weighted by atomic mass is 35.5. The van der Waals surface area contributed by atoms with Crippen molar-refractivity contribution in [2.75, 3.05) is 12.4 Å². The molecule has 0 aliphatic heterocycles. The molecular formula is C13H15ClN2S. The van der Waals surface area contributed by atoms with Gasteiger partial charge in [0, 0.05) is 36.6 Å². The highest BCUT2D eigenvalue weighted by molar-refractivity contribution is 7.09. The van der Waals surface area contributed by atoms with E-state index in [4.69, 9.17) is 11.6 Å². The van der Waals surface area contributed by atoms with Crippen molar-refractivity contribution in [1.82, 2.24) is 9.88 Å². The summed E-state index contributed by atoms with van der Waals surface area (Å²) in [5, 5.41) is 0. The summed E-state index contributed by atoms with van der Waals surface area (Å²) < 4.78 is 0. The number of benzene rings is 1. The zero-order chi connectivity index (χ0) is 11.9. The fourth-order valence-corrected chi connectivity index (χ4v) is 2.59. The summed E-state index contributed by atoms with van der Waals surface area (Å²) in [5.74, 6) is 0.658. The standard InChI is InChI=1S/C13H15ClN2S/c14-6-7-16(10-13-8-15-11-17-13)9-12-4-2-1-3-5-12/h1-5,8,11H,6-7,9-10H2. The molecule has 0 unspecified atom stereocenters. The number of alkyl halides is 1. The Morgan fingerprint density at radius 2 is 2.00 bits per heavy atom. The van der Waals surface area contributed by atoms with Gasteiger partial charge in [-0.05, 0) is 5.56 Å². The van der Waals surface area contributed by atoms with Crippen LogP contribution < -0.4 is 0 Å². The molecule has 1 aromatic heterocycles. The van der Waals surface area contributed by atoms with Gasteiger partial charge in [0.1, 0.15) is 0 Å². The van der Waals surface area contributed by atoms with E-state index in [9.17, 15) is 0 Å². The van der Waals surface area contributed by atoms with E-state index in [1.807, 2.05) is 17.8 Å². The molecular weight excluding hydrogens is 252 g/mol. The molecule has 0 radical (unpaired) electrons. The molecule has 17 heavy (non-hydrogen) atoms. The summed E-state index contributed by atoms with van der Waals surface area (Å²) in [6, 6.07) is 10.5. The Morgan fingerprint density at radius 1 is 1.18 bits per heavy atom. The summed E-state index contributed by atoms with van der Waals surface area (Å²) >= 11 is 7.54. The molecule has 1 aromatic carbocycles. The Balaban J connectivity index is 1.97. The van der Waals surface area contributed by atoms with Crippen LogP contribution in [-0.2, 0) is 13.1 Å². The Kier molecular flexibility index (Phi) is 4.98. The van der Waals surface area contributed by atoms with E-state index in [1.54, 1.807) is 11.3 Å². The van der Waals surface area contributed by atoms with Crippen LogP contribution in [0.4, 0.5) is 0 Å². The topological polar surface area (TPSA) is 16.1 Å². The molecule has 0 bridgehead atoms. The van der Waals surface area contributed by atoms with Crippen molar-refractivity contribution in [3.8, 4) is 0 Å². The maximum Gasteiger partial charge on any atom is 0.0794 e. The smallest absolute Gasteiger partial charge is 0.0794 e. The molecule has 2 aromatic rings. The van der Waals surface area contributed by atoms with Gasteiger partial charge in [-0.1, -0.05) is 30.3 Å². The van der Waals surface area contributed by atoms with Gasteiger partial charge in [0.05, 0.1) is 5.51 Å². The maximum atomic E-state index is 5.85. The van der Waals surface area contributed by atoms with E-state index >= 15 is 0 Å². The molecule has 1 heterocycles. The lowest BCUT2D eigenvalue weighted by atomic mass is 10.2. The molecule has 0 aliphatic rings. The van der Waals surface area contributed by atoms with Crippen LogP contribution in [0.15, 0.2) is 42.0 Å². The minimum absolute atomic E-state index is 0.658. The number of rotatable bonds is 6. The Labute approximate surface area is 111 Å². The van der Waals surface area contributed by atoms with E-state index in [0.717, 1.165) is 19.6 Å². The van der Waals surface area contributed by atoms with Gasteiger partial charge in [0.15, 0.2) is 0 Å². The first-order valence-corrected chi connectivity index (χ1v) is 6.99. The first-order valence-electron chi connectivity index (χ1n) is 5.58. The number of thiazole rings is 1. The normalized spacial score (nSPS) is 10.9. The van der Waals surface area contributed by atoms with Gasteiger partial charge in [0.2, 0.25) is 0 Å². The second-order valence-electron chi connectivity index (χ2n) is 3.85. The van der Waals surface area contributed by atoms with Gasteiger partial charge in [-0.3, -0.25) is 9.88 Å². The van der Waals surface area contributed by atoms with E-state index < -0.39 is 0 Å². The van der Waals surface area contributed by atoms with Crippen LogP contribution in [0.5, 0.6) is 0 Å². The predicted molar refractivity (Wildman–Crippen MR) is 73.4 cm³/mol. The van der Waals surface area contributed by atoms with Crippen LogP contribution in [0.1, 0.15) is 10.4 Å². The second kappa shape index (κ2) is 6.74. The van der Waals surface area contributed by atoms with Crippen molar-refractivity contribution in [1.29, 1.82) is 0 Å². The molecule has 2 nitrogen and oxygen atoms in total. The number of halogens is 1. The predicted octanol–water partition coefficient (Wildman–Crippen LogP) is 3.38. The fraction of sp³-hybridized carbons (Fsp3) is 0.308. The molecule has 0 atom stereocenters. The van der Waals surface area contributed by atoms with Gasteiger partial charge in [-0.15, -0.1) is 22.9 Å². The third-order valence-electron chi connectivity index (χ3n) is 2.51. The van der Waals surface area contributed by atoms with Gasteiger partial charge < -0.3 is 0 Å². The lowest BCUT2D eigenvalue weighted by Crippen LogP contribution is -2.24. The van der Waals surface area contributed by atoms with E-state index in [1.165, 1.54) is 10.4 Å². The van der Waals surface area contributed by atoms with Crippen LogP contribution in [0.25, 0.3) is 0 Å². The summed E-state index contributed by atoms with van der Waals surface area (Å²) in [5.41, 5.74) is 3.19. The van der Waals surface area contributed by atoms with Crippen molar-refractivity contribution in [2.24, 2.45) is 0 Å². The molecule has 0 N–H and O–H groups in total. The summed E-state index contributed by atoms with van der Waals surface area (Å²) in [7, 11) is 0. The molecule has 2 rings (SSSR count). The lowest BCUT2D eigenvalue weighted by molar-refractivity contribution is 0.275. The number of aromatic nitrogens is 1. The monoisotopic (exact) mass is 266 g/mol. The minimum atomic E-state index is 0.658. The van der Waals surface area contributed by atoms with Crippen LogP contribution >= 0.6 is 22.9 Å². The number of nitrogens with zero attached hydrogens (tertiary/aromatic N) is 2. The third kappa shape index (κ3) is 4.11. The van der Waals surface area contributed by atoms with Gasteiger partial charge >= 0.3 is 0 Å². The van der Waals surface area contributed by atoms with Gasteiger partial charge in [-0.25, -0.2) is 0 Å². The molecule has 0 saturated carbocycles. The van der Waals surface area contributed by atoms with E-state index in [-0.39, 0.29) is 0 Å². The molecule has 4 heteroatoms. The van der Waals surface area contributed by atoms with Crippen LogP contribution in [0.3, 0.4) is 0 Å². The van der Waals surface area contributed by atoms with Crippen molar-refractivity contribution < 1.29 is 0 Å². The Bertz CT molecular complexity index is 416. The largest absolute Gasteiger partial charge is 0.293 e. The van der Waals surface area contributed by atoms with E-state index in [2.05, 4.69) is 34.1 Å².